The fraction of sp³-hybridized carbons (Fsp3) is 0.0800. The summed E-state index contributed by atoms with van der Waals surface area (Å²) in [6, 6.07) is 20.0. The van der Waals surface area contributed by atoms with Gasteiger partial charge in [0.2, 0.25) is 0 Å². The third kappa shape index (κ3) is 5.70. The number of hydrogen-bond acceptors (Lipinski definition) is 5. The second kappa shape index (κ2) is 10.3. The highest BCUT2D eigenvalue weighted by molar-refractivity contribution is 7.21. The Balaban J connectivity index is 1.58. The lowest BCUT2D eigenvalue weighted by Crippen LogP contribution is -2.31. The first kappa shape index (κ1) is 24.4. The molecule has 0 radical (unpaired) electrons. The Bertz CT molecular complexity index is 1400. The molecule has 1 aromatic heterocycles. The van der Waals surface area contributed by atoms with Gasteiger partial charge in [0, 0.05) is 10.1 Å². The van der Waals surface area contributed by atoms with Gasteiger partial charge in [-0.3, -0.25) is 4.79 Å². The van der Waals surface area contributed by atoms with E-state index in [2.05, 4.69) is 5.10 Å². The van der Waals surface area contributed by atoms with Gasteiger partial charge < -0.3 is 4.74 Å². The molecule has 0 aliphatic carbocycles. The summed E-state index contributed by atoms with van der Waals surface area (Å²) in [7, 11) is 0. The molecule has 0 N–H and O–H groups in total. The first-order chi connectivity index (χ1) is 16.7. The zero-order chi connectivity index (χ0) is 25.0. The molecule has 0 atom stereocenters. The van der Waals surface area contributed by atoms with Gasteiger partial charge in [-0.15, -0.1) is 11.3 Å². The Labute approximate surface area is 207 Å². The molecule has 35 heavy (non-hydrogen) atoms. The number of esters is 1. The molecule has 1 amide bonds. The first-order valence-electron chi connectivity index (χ1n) is 10.2. The van der Waals surface area contributed by atoms with Crippen molar-refractivity contribution in [2.45, 2.75) is 6.18 Å². The lowest BCUT2D eigenvalue weighted by molar-refractivity contribution is -0.137. The molecule has 0 saturated carbocycles. The number of thiophene rings is 1. The van der Waals surface area contributed by atoms with Crippen LogP contribution in [-0.4, -0.2) is 24.7 Å². The van der Waals surface area contributed by atoms with Crippen molar-refractivity contribution >= 4 is 56.8 Å². The van der Waals surface area contributed by atoms with Crippen molar-refractivity contribution in [1.29, 1.82) is 0 Å². The van der Waals surface area contributed by atoms with Gasteiger partial charge in [0.15, 0.2) is 6.61 Å². The zero-order valence-corrected chi connectivity index (χ0v) is 19.4. The number of ether oxygens (including phenoxy) is 1. The van der Waals surface area contributed by atoms with Gasteiger partial charge in [0.25, 0.3) is 5.91 Å². The number of halogens is 4. The Morgan fingerprint density at radius 2 is 1.71 bits per heavy atom. The second-order valence-electron chi connectivity index (χ2n) is 7.23. The van der Waals surface area contributed by atoms with Crippen LogP contribution in [0.3, 0.4) is 0 Å². The number of nitrogens with zero attached hydrogens (tertiary/aromatic N) is 2. The molecule has 4 rings (SSSR count). The highest BCUT2D eigenvalue weighted by atomic mass is 35.5. The van der Waals surface area contributed by atoms with Crippen LogP contribution in [0.15, 0.2) is 84.0 Å². The van der Waals surface area contributed by atoms with Gasteiger partial charge in [-0.1, -0.05) is 66.2 Å². The minimum atomic E-state index is -4.61. The van der Waals surface area contributed by atoms with Gasteiger partial charge in [0.1, 0.15) is 4.88 Å². The fourth-order valence-corrected chi connectivity index (χ4v) is 4.55. The molecule has 5 nitrogen and oxygen atoms in total. The molecule has 0 spiro atoms. The monoisotopic (exact) mass is 516 g/mol. The van der Waals surface area contributed by atoms with Crippen molar-refractivity contribution in [3.63, 3.8) is 0 Å². The van der Waals surface area contributed by atoms with Gasteiger partial charge in [-0.05, 0) is 29.8 Å². The van der Waals surface area contributed by atoms with E-state index in [1.54, 1.807) is 54.6 Å². The molecule has 0 bridgehead atoms. The maximum atomic E-state index is 13.2. The molecule has 0 aliphatic heterocycles. The number of carbonyl (C=O) groups is 2. The lowest BCUT2D eigenvalue weighted by atomic mass is 10.2. The summed E-state index contributed by atoms with van der Waals surface area (Å²) >= 11 is 7.40. The summed E-state index contributed by atoms with van der Waals surface area (Å²) < 4.78 is 45.6. The third-order valence-corrected chi connectivity index (χ3v) is 6.48. The van der Waals surface area contributed by atoms with E-state index in [1.165, 1.54) is 18.3 Å². The van der Waals surface area contributed by atoms with Gasteiger partial charge in [0.05, 0.1) is 22.5 Å². The van der Waals surface area contributed by atoms with Crippen molar-refractivity contribution in [3.8, 4) is 0 Å². The molecule has 0 fully saturated rings. The number of benzene rings is 3. The number of rotatable bonds is 6. The summed E-state index contributed by atoms with van der Waals surface area (Å²) in [6.07, 6.45) is -3.29. The van der Waals surface area contributed by atoms with Crippen LogP contribution in [0.5, 0.6) is 0 Å². The Morgan fingerprint density at radius 1 is 1.00 bits per heavy atom. The van der Waals surface area contributed by atoms with Gasteiger partial charge in [-0.25, -0.2) is 4.79 Å². The van der Waals surface area contributed by atoms with Crippen molar-refractivity contribution in [2.24, 2.45) is 5.10 Å². The van der Waals surface area contributed by atoms with E-state index in [4.69, 9.17) is 16.3 Å². The molecule has 0 aliphatic rings. The van der Waals surface area contributed by atoms with Crippen LogP contribution in [0.4, 0.5) is 18.9 Å². The van der Waals surface area contributed by atoms with E-state index in [0.717, 1.165) is 33.2 Å². The lowest BCUT2D eigenvalue weighted by Gasteiger charge is -2.18. The molecule has 0 saturated heterocycles. The predicted octanol–water partition coefficient (Wildman–Crippen LogP) is 6.80. The minimum absolute atomic E-state index is 0.124. The van der Waals surface area contributed by atoms with Crippen LogP contribution >= 0.6 is 22.9 Å². The van der Waals surface area contributed by atoms with E-state index in [1.807, 2.05) is 0 Å². The molecule has 3 aromatic carbocycles. The zero-order valence-electron chi connectivity index (χ0n) is 17.8. The highest BCUT2D eigenvalue weighted by Gasteiger charge is 2.31. The Morgan fingerprint density at radius 3 is 2.43 bits per heavy atom. The number of amides is 1. The molecule has 178 valence electrons. The Hall–Kier alpha value is -3.69. The van der Waals surface area contributed by atoms with Crippen LogP contribution < -0.4 is 5.01 Å². The number of anilines is 1. The van der Waals surface area contributed by atoms with E-state index in [-0.39, 0.29) is 15.6 Å². The van der Waals surface area contributed by atoms with E-state index in [0.29, 0.717) is 10.9 Å². The number of carbonyl (C=O) groups excluding carboxylic acids is 2. The van der Waals surface area contributed by atoms with Crippen LogP contribution in [0.1, 0.15) is 20.8 Å². The van der Waals surface area contributed by atoms with Crippen LogP contribution in [0.25, 0.3) is 10.1 Å². The fourth-order valence-electron chi connectivity index (χ4n) is 3.15. The maximum absolute atomic E-state index is 13.2. The SMILES string of the molecule is O=C(OCC(=O)N(N=Cc1ccccc1)c1cccc(C(F)(F)F)c1)c1sc2ccccc2c1Cl. The Kier molecular flexibility index (Phi) is 7.18. The molecular formula is C25H16ClF3N2O3S. The molecule has 0 unspecified atom stereocenters. The normalized spacial score (nSPS) is 11.7. The second-order valence-corrected chi connectivity index (χ2v) is 8.66. The first-order valence-corrected chi connectivity index (χ1v) is 11.4. The average molecular weight is 517 g/mol. The van der Waals surface area contributed by atoms with Crippen molar-refractivity contribution in [1.82, 2.24) is 0 Å². The van der Waals surface area contributed by atoms with Gasteiger partial charge >= 0.3 is 12.1 Å². The molecule has 4 aromatic rings. The highest BCUT2D eigenvalue weighted by Crippen LogP contribution is 2.35. The summed E-state index contributed by atoms with van der Waals surface area (Å²) in [5.41, 5.74) is -0.462. The largest absolute Gasteiger partial charge is 0.451 e. The molecule has 1 heterocycles. The summed E-state index contributed by atoms with van der Waals surface area (Å²) in [5.74, 6) is -1.66. The number of hydrazone groups is 1. The summed E-state index contributed by atoms with van der Waals surface area (Å²) in [5, 5.41) is 5.72. The average Bonchev–Trinajstić information content (AvgIpc) is 3.19. The van der Waals surface area contributed by atoms with E-state index >= 15 is 0 Å². The number of alkyl halides is 3. The summed E-state index contributed by atoms with van der Waals surface area (Å²) in [6.45, 7) is -0.758. The van der Waals surface area contributed by atoms with Crippen LogP contribution in [0, 0.1) is 0 Å². The van der Waals surface area contributed by atoms with Crippen molar-refractivity contribution in [3.05, 3.63) is 99.9 Å². The quantitative estimate of drug-likeness (QED) is 0.161. The third-order valence-electron chi connectivity index (χ3n) is 4.82. The smallest absolute Gasteiger partial charge is 0.416 e. The summed E-state index contributed by atoms with van der Waals surface area (Å²) in [4.78, 5) is 25.7. The van der Waals surface area contributed by atoms with E-state index in [9.17, 15) is 22.8 Å². The number of fused-ring (bicyclic) bond motifs is 1. The van der Waals surface area contributed by atoms with Crippen molar-refractivity contribution in [2.75, 3.05) is 11.6 Å². The maximum Gasteiger partial charge on any atom is 0.416 e. The topological polar surface area (TPSA) is 59.0 Å². The molecular weight excluding hydrogens is 501 g/mol. The van der Waals surface area contributed by atoms with E-state index < -0.39 is 30.2 Å². The van der Waals surface area contributed by atoms with Crippen molar-refractivity contribution < 1.29 is 27.5 Å². The van der Waals surface area contributed by atoms with Crippen LogP contribution in [0.2, 0.25) is 5.02 Å². The minimum Gasteiger partial charge on any atom is -0.451 e. The standard InChI is InChI=1S/C25H16ClF3N2O3S/c26-22-19-11-4-5-12-20(19)35-23(22)24(33)34-15-21(32)31(30-14-16-7-2-1-3-8-16)18-10-6-9-17(13-18)25(27,28)29/h1-14H,15H2. The number of hydrogen-bond donors (Lipinski definition) is 0. The van der Waals surface area contributed by atoms with Gasteiger partial charge in [-0.2, -0.15) is 23.3 Å². The predicted molar refractivity (Wildman–Crippen MR) is 130 cm³/mol. The molecule has 10 heteroatoms. The van der Waals surface area contributed by atoms with Crippen LogP contribution in [-0.2, 0) is 15.7 Å².